The number of anilines is 1. The summed E-state index contributed by atoms with van der Waals surface area (Å²) < 4.78 is 1.92. The number of benzene rings is 1. The second kappa shape index (κ2) is 6.94. The van der Waals surface area contributed by atoms with E-state index in [1.165, 1.54) is 24.1 Å². The van der Waals surface area contributed by atoms with Crippen LogP contribution in [0.1, 0.15) is 53.5 Å². The number of carbonyl (C=O) groups is 1. The summed E-state index contributed by atoms with van der Waals surface area (Å²) in [5.41, 5.74) is 6.51. The Hall–Kier alpha value is -2.63. The third-order valence-corrected chi connectivity index (χ3v) is 5.27. The molecule has 4 rings (SSSR count). The van der Waals surface area contributed by atoms with Crippen LogP contribution in [0.25, 0.3) is 0 Å². The lowest BCUT2D eigenvalue weighted by Gasteiger charge is -2.14. The van der Waals surface area contributed by atoms with Gasteiger partial charge in [0.15, 0.2) is 0 Å². The average molecular weight is 351 g/mol. The van der Waals surface area contributed by atoms with Gasteiger partial charge in [-0.3, -0.25) is 14.5 Å². The summed E-state index contributed by atoms with van der Waals surface area (Å²) in [5, 5.41) is 14.1. The van der Waals surface area contributed by atoms with Gasteiger partial charge >= 0.3 is 0 Å². The number of rotatable bonds is 4. The molecule has 2 aromatic rings. The maximum Gasteiger partial charge on any atom is 0.251 e. The molecule has 0 saturated carbocycles. The van der Waals surface area contributed by atoms with Crippen molar-refractivity contribution in [3.63, 3.8) is 0 Å². The highest BCUT2D eigenvalue weighted by molar-refractivity contribution is 5.94. The SMILES string of the molecule is CC1=NN(c2ccc(C(=O)NCc3c4c(nn3C)CCCC4)cc2)CC1. The number of hydrogen-bond acceptors (Lipinski definition) is 4. The molecule has 0 unspecified atom stereocenters. The molecule has 2 aliphatic rings. The number of aryl methyl sites for hydroxylation is 2. The molecule has 0 radical (unpaired) electrons. The van der Waals surface area contributed by atoms with Crippen LogP contribution in [0.4, 0.5) is 5.69 Å². The predicted octanol–water partition coefficient (Wildman–Crippen LogP) is 2.81. The van der Waals surface area contributed by atoms with E-state index in [1.54, 1.807) is 0 Å². The molecule has 0 bridgehead atoms. The highest BCUT2D eigenvalue weighted by Gasteiger charge is 2.20. The average Bonchev–Trinajstić information content (AvgIpc) is 3.22. The third-order valence-electron chi connectivity index (χ3n) is 5.27. The first kappa shape index (κ1) is 16.8. The molecule has 26 heavy (non-hydrogen) atoms. The highest BCUT2D eigenvalue weighted by Crippen LogP contribution is 2.24. The molecule has 6 heteroatoms. The van der Waals surface area contributed by atoms with Crippen LogP contribution in [-0.4, -0.2) is 27.9 Å². The topological polar surface area (TPSA) is 62.5 Å². The Labute approximate surface area is 153 Å². The molecule has 1 amide bonds. The largest absolute Gasteiger partial charge is 0.346 e. The van der Waals surface area contributed by atoms with Crippen LogP contribution >= 0.6 is 0 Å². The summed E-state index contributed by atoms with van der Waals surface area (Å²) in [6.45, 7) is 3.47. The smallest absolute Gasteiger partial charge is 0.251 e. The number of nitrogens with one attached hydrogen (secondary N) is 1. The summed E-state index contributed by atoms with van der Waals surface area (Å²) in [6.07, 6.45) is 5.54. The van der Waals surface area contributed by atoms with Gasteiger partial charge in [0.25, 0.3) is 5.91 Å². The van der Waals surface area contributed by atoms with Gasteiger partial charge in [-0.25, -0.2) is 0 Å². The molecule has 1 aliphatic carbocycles. The van der Waals surface area contributed by atoms with Crippen molar-refractivity contribution in [3.8, 4) is 0 Å². The second-order valence-electron chi connectivity index (χ2n) is 7.14. The quantitative estimate of drug-likeness (QED) is 0.921. The standard InChI is InChI=1S/C20H25N5O/c1-14-11-12-25(22-14)16-9-7-15(8-10-16)20(26)21-13-19-17-5-3-4-6-18(17)23-24(19)2/h7-10H,3-6,11-13H2,1-2H3,(H,21,26). The minimum atomic E-state index is -0.0524. The highest BCUT2D eigenvalue weighted by atomic mass is 16.1. The first-order valence-corrected chi connectivity index (χ1v) is 9.35. The van der Waals surface area contributed by atoms with Gasteiger partial charge in [-0.1, -0.05) is 0 Å². The van der Waals surface area contributed by atoms with Crippen molar-refractivity contribution in [1.82, 2.24) is 15.1 Å². The molecular formula is C20H25N5O. The van der Waals surface area contributed by atoms with Crippen molar-refractivity contribution in [2.24, 2.45) is 12.1 Å². The molecule has 0 saturated heterocycles. The van der Waals surface area contributed by atoms with Crippen molar-refractivity contribution in [1.29, 1.82) is 0 Å². The van der Waals surface area contributed by atoms with Gasteiger partial charge < -0.3 is 5.32 Å². The lowest BCUT2D eigenvalue weighted by molar-refractivity contribution is 0.0950. The molecule has 0 atom stereocenters. The number of hydrazone groups is 1. The van der Waals surface area contributed by atoms with Crippen LogP contribution in [0.5, 0.6) is 0 Å². The van der Waals surface area contributed by atoms with E-state index in [1.807, 2.05) is 47.9 Å². The summed E-state index contributed by atoms with van der Waals surface area (Å²) in [4.78, 5) is 12.5. The van der Waals surface area contributed by atoms with E-state index in [4.69, 9.17) is 0 Å². The Morgan fingerprint density at radius 3 is 2.65 bits per heavy atom. The van der Waals surface area contributed by atoms with Crippen molar-refractivity contribution >= 4 is 17.3 Å². The van der Waals surface area contributed by atoms with E-state index in [0.717, 1.165) is 42.9 Å². The number of hydrogen-bond donors (Lipinski definition) is 1. The Morgan fingerprint density at radius 1 is 1.15 bits per heavy atom. The molecule has 1 aliphatic heterocycles. The van der Waals surface area contributed by atoms with Gasteiger partial charge in [-0.05, 0) is 62.4 Å². The van der Waals surface area contributed by atoms with E-state index in [-0.39, 0.29) is 5.91 Å². The molecule has 6 nitrogen and oxygen atoms in total. The molecule has 1 N–H and O–H groups in total. The van der Waals surface area contributed by atoms with Crippen LogP contribution in [0.15, 0.2) is 29.4 Å². The lowest BCUT2D eigenvalue weighted by Crippen LogP contribution is -2.25. The first-order chi connectivity index (χ1) is 12.6. The number of amides is 1. The van der Waals surface area contributed by atoms with Gasteiger partial charge in [0.05, 0.1) is 23.6 Å². The minimum Gasteiger partial charge on any atom is -0.346 e. The molecule has 2 heterocycles. The van der Waals surface area contributed by atoms with Gasteiger partial charge in [0, 0.05) is 31.3 Å². The van der Waals surface area contributed by atoms with Crippen molar-refractivity contribution in [3.05, 3.63) is 46.8 Å². The second-order valence-corrected chi connectivity index (χ2v) is 7.14. The van der Waals surface area contributed by atoms with Gasteiger partial charge in [0.2, 0.25) is 0 Å². The summed E-state index contributed by atoms with van der Waals surface area (Å²) in [7, 11) is 1.97. The van der Waals surface area contributed by atoms with Crippen LogP contribution in [0.3, 0.4) is 0 Å². The molecule has 0 spiro atoms. The molecule has 1 aromatic carbocycles. The van der Waals surface area contributed by atoms with Crippen LogP contribution in [0, 0.1) is 0 Å². The zero-order valence-electron chi connectivity index (χ0n) is 15.5. The lowest BCUT2D eigenvalue weighted by atomic mass is 9.96. The summed E-state index contributed by atoms with van der Waals surface area (Å²) >= 11 is 0. The monoisotopic (exact) mass is 351 g/mol. The Kier molecular flexibility index (Phi) is 4.49. The Morgan fingerprint density at radius 2 is 1.92 bits per heavy atom. The number of aromatic nitrogens is 2. The fraction of sp³-hybridized carbons (Fsp3) is 0.450. The summed E-state index contributed by atoms with van der Waals surface area (Å²) in [5.74, 6) is -0.0524. The minimum absolute atomic E-state index is 0.0524. The van der Waals surface area contributed by atoms with Crippen LogP contribution in [-0.2, 0) is 26.4 Å². The van der Waals surface area contributed by atoms with E-state index in [9.17, 15) is 4.79 Å². The van der Waals surface area contributed by atoms with Gasteiger partial charge in [-0.2, -0.15) is 10.2 Å². The van der Waals surface area contributed by atoms with E-state index in [2.05, 4.69) is 15.5 Å². The number of fused-ring (bicyclic) bond motifs is 1. The zero-order chi connectivity index (χ0) is 18.1. The van der Waals surface area contributed by atoms with E-state index < -0.39 is 0 Å². The normalized spacial score (nSPS) is 16.4. The summed E-state index contributed by atoms with van der Waals surface area (Å²) in [6, 6.07) is 7.66. The molecule has 0 fully saturated rings. The Balaban J connectivity index is 1.42. The molecule has 1 aromatic heterocycles. The fourth-order valence-corrected chi connectivity index (χ4v) is 3.78. The first-order valence-electron chi connectivity index (χ1n) is 9.35. The van der Waals surface area contributed by atoms with E-state index >= 15 is 0 Å². The number of nitrogens with zero attached hydrogens (tertiary/aromatic N) is 4. The van der Waals surface area contributed by atoms with Crippen molar-refractivity contribution in [2.75, 3.05) is 11.6 Å². The van der Waals surface area contributed by atoms with Crippen LogP contribution < -0.4 is 10.3 Å². The molecular weight excluding hydrogens is 326 g/mol. The number of carbonyl (C=O) groups excluding carboxylic acids is 1. The van der Waals surface area contributed by atoms with Crippen molar-refractivity contribution in [2.45, 2.75) is 45.6 Å². The maximum atomic E-state index is 12.5. The van der Waals surface area contributed by atoms with Gasteiger partial charge in [0.1, 0.15) is 0 Å². The molecule has 136 valence electrons. The fourth-order valence-electron chi connectivity index (χ4n) is 3.78. The van der Waals surface area contributed by atoms with Crippen molar-refractivity contribution < 1.29 is 4.79 Å². The van der Waals surface area contributed by atoms with Crippen LogP contribution in [0.2, 0.25) is 0 Å². The Bertz CT molecular complexity index is 850. The zero-order valence-corrected chi connectivity index (χ0v) is 15.5. The van der Waals surface area contributed by atoms with E-state index in [0.29, 0.717) is 12.1 Å². The predicted molar refractivity (Wildman–Crippen MR) is 103 cm³/mol. The van der Waals surface area contributed by atoms with Gasteiger partial charge in [-0.15, -0.1) is 0 Å². The third kappa shape index (κ3) is 3.23. The maximum absolute atomic E-state index is 12.5.